The van der Waals surface area contributed by atoms with E-state index in [-0.39, 0.29) is 41.0 Å². The molecule has 0 fully saturated rings. The summed E-state index contributed by atoms with van der Waals surface area (Å²) in [5.74, 6) is -1.28. The Hall–Kier alpha value is -3.11. The van der Waals surface area contributed by atoms with Crippen molar-refractivity contribution in [2.75, 3.05) is 20.3 Å². The zero-order valence-corrected chi connectivity index (χ0v) is 20.3. The Bertz CT molecular complexity index is 1250. The van der Waals surface area contributed by atoms with Crippen molar-refractivity contribution in [3.63, 3.8) is 0 Å². The predicted octanol–water partition coefficient (Wildman–Crippen LogP) is 3.49. The third-order valence-electron chi connectivity index (χ3n) is 6.09. The summed E-state index contributed by atoms with van der Waals surface area (Å²) in [6, 6.07) is 5.80. The third-order valence-corrected chi connectivity index (χ3v) is 7.05. The van der Waals surface area contributed by atoms with E-state index in [0.29, 0.717) is 29.6 Å². The number of benzene rings is 1. The Balaban J connectivity index is 1.76. The summed E-state index contributed by atoms with van der Waals surface area (Å²) in [7, 11) is 1.61. The quantitative estimate of drug-likeness (QED) is 0.549. The van der Waals surface area contributed by atoms with E-state index in [0.717, 1.165) is 5.56 Å². The van der Waals surface area contributed by atoms with Crippen LogP contribution >= 0.6 is 11.3 Å². The number of methoxy groups -OCH3 is 1. The fourth-order valence-electron chi connectivity index (χ4n) is 4.24. The summed E-state index contributed by atoms with van der Waals surface area (Å²) in [4.78, 5) is 27.9. The molecule has 4 rings (SSSR count). The highest BCUT2D eigenvalue weighted by atomic mass is 32.1. The van der Waals surface area contributed by atoms with E-state index in [2.05, 4.69) is 10.2 Å². The van der Waals surface area contributed by atoms with Crippen LogP contribution in [0.25, 0.3) is 10.6 Å². The van der Waals surface area contributed by atoms with Crippen LogP contribution in [0, 0.1) is 11.7 Å². The standard InChI is InChI=1S/C24H27FN4O4S/c1-13(2)28-11-18(14(3)12-33-4)29-10-17(21(30)22(31)20(29)24(28)32)23-27-26-19(34-23)9-15-5-7-16(25)8-6-15/h5-8,10,13-14,18,31H,9,11-12H2,1-4H3/t14-,18+/m0/s1. The van der Waals surface area contributed by atoms with Crippen molar-refractivity contribution in [1.29, 1.82) is 0 Å². The van der Waals surface area contributed by atoms with Gasteiger partial charge in [-0.2, -0.15) is 0 Å². The molecule has 180 valence electrons. The molecule has 8 nitrogen and oxygen atoms in total. The SMILES string of the molecule is COC[C@H](C)[C@H]1CN(C(C)C)C(=O)c2c(O)c(=O)c(-c3nnc(Cc4ccc(F)cc4)s3)cn21. The second kappa shape index (κ2) is 9.63. The monoisotopic (exact) mass is 486 g/mol. The summed E-state index contributed by atoms with van der Waals surface area (Å²) in [6.07, 6.45) is 2.04. The van der Waals surface area contributed by atoms with Crippen LogP contribution in [0.3, 0.4) is 0 Å². The molecule has 10 heteroatoms. The predicted molar refractivity (Wildman–Crippen MR) is 127 cm³/mol. The van der Waals surface area contributed by atoms with Gasteiger partial charge in [-0.3, -0.25) is 9.59 Å². The molecule has 34 heavy (non-hydrogen) atoms. The number of amides is 1. The number of carbonyl (C=O) groups excluding carboxylic acids is 1. The van der Waals surface area contributed by atoms with Gasteiger partial charge < -0.3 is 19.3 Å². The second-order valence-corrected chi connectivity index (χ2v) is 9.89. The Morgan fingerprint density at radius 1 is 1.21 bits per heavy atom. The lowest BCUT2D eigenvalue weighted by Gasteiger charge is -2.40. The molecule has 1 amide bonds. The van der Waals surface area contributed by atoms with Crippen LogP contribution in [0.1, 0.15) is 47.9 Å². The van der Waals surface area contributed by atoms with E-state index in [1.54, 1.807) is 34.9 Å². The molecule has 0 unspecified atom stereocenters. The number of aromatic hydroxyl groups is 1. The summed E-state index contributed by atoms with van der Waals surface area (Å²) in [5.41, 5.74) is 0.372. The highest BCUT2D eigenvalue weighted by Crippen LogP contribution is 2.34. The lowest BCUT2D eigenvalue weighted by Crippen LogP contribution is -2.49. The third kappa shape index (κ3) is 4.47. The van der Waals surface area contributed by atoms with Crippen molar-refractivity contribution in [3.8, 4) is 16.3 Å². The van der Waals surface area contributed by atoms with E-state index < -0.39 is 11.2 Å². The Morgan fingerprint density at radius 3 is 2.56 bits per heavy atom. The largest absolute Gasteiger partial charge is 0.503 e. The number of pyridine rings is 1. The number of hydrogen-bond donors (Lipinski definition) is 1. The minimum atomic E-state index is -0.659. The lowest BCUT2D eigenvalue weighted by atomic mass is 9.97. The molecule has 1 aromatic carbocycles. The maximum atomic E-state index is 13.2. The van der Waals surface area contributed by atoms with Gasteiger partial charge in [-0.15, -0.1) is 10.2 Å². The van der Waals surface area contributed by atoms with Crippen LogP contribution in [0.4, 0.5) is 4.39 Å². The molecule has 0 radical (unpaired) electrons. The molecular formula is C24H27FN4O4S. The number of hydrogen-bond acceptors (Lipinski definition) is 7. The number of rotatable bonds is 7. The zero-order valence-electron chi connectivity index (χ0n) is 19.5. The molecule has 0 aliphatic carbocycles. The van der Waals surface area contributed by atoms with Gasteiger partial charge in [0.25, 0.3) is 5.91 Å². The van der Waals surface area contributed by atoms with Crippen LogP contribution in [-0.2, 0) is 11.2 Å². The number of carbonyl (C=O) groups is 1. The minimum Gasteiger partial charge on any atom is -0.503 e. The van der Waals surface area contributed by atoms with Crippen LogP contribution in [-0.4, -0.2) is 57.0 Å². The zero-order chi connectivity index (χ0) is 24.6. The van der Waals surface area contributed by atoms with Gasteiger partial charge in [-0.05, 0) is 31.5 Å². The molecule has 0 spiro atoms. The Labute approximate surface area is 200 Å². The van der Waals surface area contributed by atoms with Gasteiger partial charge in [0.05, 0.1) is 18.2 Å². The highest BCUT2D eigenvalue weighted by molar-refractivity contribution is 7.14. The second-order valence-electron chi connectivity index (χ2n) is 8.83. The summed E-state index contributed by atoms with van der Waals surface area (Å²) < 4.78 is 20.2. The molecule has 3 heterocycles. The smallest absolute Gasteiger partial charge is 0.274 e. The molecule has 2 aromatic heterocycles. The van der Waals surface area contributed by atoms with Crippen LogP contribution < -0.4 is 5.43 Å². The van der Waals surface area contributed by atoms with Gasteiger partial charge in [0, 0.05) is 38.2 Å². The van der Waals surface area contributed by atoms with Gasteiger partial charge in [0.1, 0.15) is 10.8 Å². The molecule has 0 saturated carbocycles. The van der Waals surface area contributed by atoms with Gasteiger partial charge in [0.2, 0.25) is 5.43 Å². The normalized spacial score (nSPS) is 16.7. The fraction of sp³-hybridized carbons (Fsp3) is 0.417. The van der Waals surface area contributed by atoms with E-state index in [4.69, 9.17) is 4.74 Å². The van der Waals surface area contributed by atoms with E-state index in [1.165, 1.54) is 23.5 Å². The van der Waals surface area contributed by atoms with Crippen LogP contribution in [0.5, 0.6) is 5.75 Å². The first-order chi connectivity index (χ1) is 16.2. The Morgan fingerprint density at radius 2 is 1.91 bits per heavy atom. The van der Waals surface area contributed by atoms with Gasteiger partial charge in [-0.25, -0.2) is 4.39 Å². The average molecular weight is 487 g/mol. The van der Waals surface area contributed by atoms with Gasteiger partial charge in [0.15, 0.2) is 16.5 Å². The molecule has 2 atom stereocenters. The first-order valence-corrected chi connectivity index (χ1v) is 11.9. The van der Waals surface area contributed by atoms with Crippen molar-refractivity contribution < 1.29 is 19.0 Å². The van der Waals surface area contributed by atoms with E-state index >= 15 is 0 Å². The van der Waals surface area contributed by atoms with Crippen molar-refractivity contribution in [2.24, 2.45) is 5.92 Å². The van der Waals surface area contributed by atoms with Gasteiger partial charge >= 0.3 is 0 Å². The highest BCUT2D eigenvalue weighted by Gasteiger charge is 2.38. The van der Waals surface area contributed by atoms with Crippen molar-refractivity contribution in [3.05, 3.63) is 62.8 Å². The first kappa shape index (κ1) is 24.0. The number of aromatic nitrogens is 3. The maximum Gasteiger partial charge on any atom is 0.274 e. The summed E-state index contributed by atoms with van der Waals surface area (Å²) in [6.45, 7) is 6.69. The number of nitrogens with zero attached hydrogens (tertiary/aromatic N) is 4. The summed E-state index contributed by atoms with van der Waals surface area (Å²) >= 11 is 1.22. The molecule has 0 saturated heterocycles. The van der Waals surface area contributed by atoms with Crippen LogP contribution in [0.2, 0.25) is 0 Å². The molecule has 3 aromatic rings. The van der Waals surface area contributed by atoms with Gasteiger partial charge in [-0.1, -0.05) is 30.4 Å². The lowest BCUT2D eigenvalue weighted by molar-refractivity contribution is 0.0494. The molecule has 1 aliphatic rings. The number of halogens is 1. The van der Waals surface area contributed by atoms with E-state index in [9.17, 15) is 19.1 Å². The van der Waals surface area contributed by atoms with E-state index in [1.807, 2.05) is 20.8 Å². The minimum absolute atomic E-state index is 0.0105. The van der Waals surface area contributed by atoms with Crippen LogP contribution in [0.15, 0.2) is 35.3 Å². The summed E-state index contributed by atoms with van der Waals surface area (Å²) in [5, 5.41) is 20.2. The number of fused-ring (bicyclic) bond motifs is 1. The molecule has 1 aliphatic heterocycles. The Kier molecular flexibility index (Phi) is 6.81. The average Bonchev–Trinajstić information content (AvgIpc) is 3.25. The molecule has 1 N–H and O–H groups in total. The van der Waals surface area contributed by atoms with Crippen molar-refractivity contribution in [1.82, 2.24) is 19.7 Å². The fourth-order valence-corrected chi connectivity index (χ4v) is 5.12. The maximum absolute atomic E-state index is 13.2. The number of ether oxygens (including phenoxy) is 1. The van der Waals surface area contributed by atoms with Crippen molar-refractivity contribution in [2.45, 2.75) is 39.3 Å². The molecule has 0 bridgehead atoms. The van der Waals surface area contributed by atoms with Crippen molar-refractivity contribution >= 4 is 17.2 Å². The molecular weight excluding hydrogens is 459 g/mol. The first-order valence-electron chi connectivity index (χ1n) is 11.1. The topological polar surface area (TPSA) is 97.6 Å².